The maximum absolute atomic E-state index is 15.0. The number of amides is 2. The van der Waals surface area contributed by atoms with Gasteiger partial charge >= 0.3 is 0 Å². The second-order valence-corrected chi connectivity index (χ2v) is 9.54. The van der Waals surface area contributed by atoms with Crippen LogP contribution >= 0.6 is 0 Å². The molecule has 3 aliphatic rings. The van der Waals surface area contributed by atoms with E-state index in [2.05, 4.69) is 10.3 Å². The molecular weight excluding hydrogens is 441 g/mol. The van der Waals surface area contributed by atoms with Crippen LogP contribution in [-0.4, -0.2) is 53.6 Å². The number of nitrogens with zero attached hydrogens (tertiary/aromatic N) is 2. The van der Waals surface area contributed by atoms with Crippen LogP contribution in [0.1, 0.15) is 48.2 Å². The fraction of sp³-hybridized carbons (Fsp3) is 0.480. The van der Waals surface area contributed by atoms with Gasteiger partial charge in [0.2, 0.25) is 11.8 Å². The molecule has 1 saturated heterocycles. The molecule has 1 aromatic carbocycles. The van der Waals surface area contributed by atoms with Gasteiger partial charge < -0.3 is 24.4 Å². The number of aromatic nitrogens is 1. The number of hydrogen-bond acceptors (Lipinski definition) is 6. The number of anilines is 1. The summed E-state index contributed by atoms with van der Waals surface area (Å²) in [5.41, 5.74) is 2.18. The Morgan fingerprint density at radius 2 is 2.12 bits per heavy atom. The molecular formula is C25H28FN3O5. The first-order chi connectivity index (χ1) is 16.3. The highest BCUT2D eigenvalue weighted by molar-refractivity contribution is 6.00. The Bertz CT molecular complexity index is 1150. The van der Waals surface area contributed by atoms with E-state index >= 15 is 4.39 Å². The highest BCUT2D eigenvalue weighted by Crippen LogP contribution is 2.39. The average molecular weight is 470 g/mol. The SMILES string of the molecule is Cc1cc2c(c(OCC(C)C)c1F)C(=O)N1C[C@@H](Oc3cc4c(cn3)CCC(=O)N4)C[C@@H]1CO2. The Balaban J connectivity index is 1.37. The van der Waals surface area contributed by atoms with Crippen molar-refractivity contribution in [2.24, 2.45) is 5.92 Å². The van der Waals surface area contributed by atoms with Crippen molar-refractivity contribution in [3.63, 3.8) is 0 Å². The average Bonchev–Trinajstić information content (AvgIpc) is 3.15. The Kier molecular flexibility index (Phi) is 5.79. The third-order valence-electron chi connectivity index (χ3n) is 6.35. The zero-order valence-electron chi connectivity index (χ0n) is 19.5. The Hall–Kier alpha value is -3.36. The zero-order valence-corrected chi connectivity index (χ0v) is 19.5. The van der Waals surface area contributed by atoms with E-state index in [-0.39, 0.29) is 54.4 Å². The summed E-state index contributed by atoms with van der Waals surface area (Å²) in [6.45, 7) is 6.44. The van der Waals surface area contributed by atoms with Gasteiger partial charge in [0.15, 0.2) is 11.6 Å². The molecule has 0 unspecified atom stereocenters. The molecule has 1 N–H and O–H groups in total. The van der Waals surface area contributed by atoms with Crippen molar-refractivity contribution < 1.29 is 28.2 Å². The van der Waals surface area contributed by atoms with E-state index in [0.29, 0.717) is 48.7 Å². The number of carbonyl (C=O) groups is 2. The van der Waals surface area contributed by atoms with E-state index in [1.807, 2.05) is 13.8 Å². The van der Waals surface area contributed by atoms with Gasteiger partial charge in [0.1, 0.15) is 24.0 Å². The third kappa shape index (κ3) is 4.15. The van der Waals surface area contributed by atoms with Crippen LogP contribution in [0.2, 0.25) is 0 Å². The number of fused-ring (bicyclic) bond motifs is 3. The molecule has 5 rings (SSSR count). The fourth-order valence-corrected chi connectivity index (χ4v) is 4.61. The Morgan fingerprint density at radius 1 is 1.29 bits per heavy atom. The summed E-state index contributed by atoms with van der Waals surface area (Å²) in [5.74, 6) is -0.0386. The van der Waals surface area contributed by atoms with Crippen LogP contribution in [0.25, 0.3) is 0 Å². The minimum atomic E-state index is -0.540. The minimum absolute atomic E-state index is 0.0294. The van der Waals surface area contributed by atoms with Crippen molar-refractivity contribution in [2.45, 2.75) is 52.2 Å². The third-order valence-corrected chi connectivity index (χ3v) is 6.35. The van der Waals surface area contributed by atoms with Crippen molar-refractivity contribution in [1.82, 2.24) is 9.88 Å². The molecule has 0 radical (unpaired) electrons. The van der Waals surface area contributed by atoms with Crippen molar-refractivity contribution in [3.8, 4) is 17.4 Å². The highest BCUT2D eigenvalue weighted by Gasteiger charge is 2.42. The number of ether oxygens (including phenoxy) is 3. The van der Waals surface area contributed by atoms with E-state index in [1.54, 1.807) is 30.2 Å². The van der Waals surface area contributed by atoms with Crippen molar-refractivity contribution in [3.05, 3.63) is 40.8 Å². The highest BCUT2D eigenvalue weighted by atomic mass is 19.1. The number of nitrogens with one attached hydrogen (secondary N) is 1. The van der Waals surface area contributed by atoms with Crippen LogP contribution in [0.4, 0.5) is 10.1 Å². The predicted molar refractivity (Wildman–Crippen MR) is 122 cm³/mol. The number of rotatable bonds is 5. The van der Waals surface area contributed by atoms with E-state index < -0.39 is 5.82 Å². The molecule has 180 valence electrons. The van der Waals surface area contributed by atoms with Crippen LogP contribution in [0.5, 0.6) is 17.4 Å². The van der Waals surface area contributed by atoms with Gasteiger partial charge in [-0.2, -0.15) is 0 Å². The van der Waals surface area contributed by atoms with E-state index in [9.17, 15) is 9.59 Å². The van der Waals surface area contributed by atoms with Crippen molar-refractivity contribution >= 4 is 17.5 Å². The fourth-order valence-electron chi connectivity index (χ4n) is 4.61. The number of carbonyl (C=O) groups excluding carboxylic acids is 2. The standard InChI is InChI=1S/C25H28FN3O5/c1-13(2)11-33-24-22-19(6-14(3)23(24)26)32-12-16-7-17(10-29(16)25(22)31)34-21-8-18-15(9-27-21)4-5-20(30)28-18/h6,8-9,13,16-17H,4-5,7,10-12H2,1-3H3,(H,28,30)/t16-,17+/m1/s1. The lowest BCUT2D eigenvalue weighted by Crippen LogP contribution is -2.37. The minimum Gasteiger partial charge on any atom is -0.490 e. The summed E-state index contributed by atoms with van der Waals surface area (Å²) in [7, 11) is 0. The monoisotopic (exact) mass is 469 g/mol. The summed E-state index contributed by atoms with van der Waals surface area (Å²) < 4.78 is 32.8. The predicted octanol–water partition coefficient (Wildman–Crippen LogP) is 3.50. The van der Waals surface area contributed by atoms with Gasteiger partial charge in [-0.3, -0.25) is 9.59 Å². The van der Waals surface area contributed by atoms with Gasteiger partial charge in [-0.15, -0.1) is 0 Å². The summed E-state index contributed by atoms with van der Waals surface area (Å²) in [5, 5.41) is 2.84. The summed E-state index contributed by atoms with van der Waals surface area (Å²) in [6, 6.07) is 3.06. The number of hydrogen-bond donors (Lipinski definition) is 1. The summed E-state index contributed by atoms with van der Waals surface area (Å²) in [4.78, 5) is 31.3. The molecule has 8 nitrogen and oxygen atoms in total. The molecule has 0 spiro atoms. The molecule has 2 aromatic rings. The Morgan fingerprint density at radius 3 is 2.91 bits per heavy atom. The van der Waals surface area contributed by atoms with Crippen LogP contribution in [0, 0.1) is 18.7 Å². The Labute approximate surface area is 197 Å². The lowest BCUT2D eigenvalue weighted by molar-refractivity contribution is -0.116. The van der Waals surface area contributed by atoms with Gasteiger partial charge in [-0.05, 0) is 36.5 Å². The molecule has 4 heterocycles. The molecule has 0 saturated carbocycles. The topological polar surface area (TPSA) is 90.0 Å². The van der Waals surface area contributed by atoms with Gasteiger partial charge in [0.25, 0.3) is 5.91 Å². The van der Waals surface area contributed by atoms with E-state index in [4.69, 9.17) is 14.2 Å². The summed E-state index contributed by atoms with van der Waals surface area (Å²) in [6.07, 6.45) is 3.05. The molecule has 0 bridgehead atoms. The number of benzene rings is 1. The van der Waals surface area contributed by atoms with Crippen LogP contribution in [0.3, 0.4) is 0 Å². The zero-order chi connectivity index (χ0) is 24.0. The van der Waals surface area contributed by atoms with E-state index in [1.165, 1.54) is 0 Å². The molecule has 2 atom stereocenters. The van der Waals surface area contributed by atoms with Crippen LogP contribution in [0.15, 0.2) is 18.3 Å². The smallest absolute Gasteiger partial charge is 0.262 e. The van der Waals surface area contributed by atoms with Crippen LogP contribution in [-0.2, 0) is 11.2 Å². The maximum Gasteiger partial charge on any atom is 0.262 e. The second-order valence-electron chi connectivity index (χ2n) is 9.54. The van der Waals surface area contributed by atoms with E-state index in [0.717, 1.165) is 5.56 Å². The van der Waals surface area contributed by atoms with Crippen LogP contribution < -0.4 is 19.5 Å². The first-order valence-electron chi connectivity index (χ1n) is 11.6. The molecule has 2 amide bonds. The summed E-state index contributed by atoms with van der Waals surface area (Å²) >= 11 is 0. The molecule has 9 heteroatoms. The molecule has 0 aliphatic carbocycles. The molecule has 1 aromatic heterocycles. The second kappa shape index (κ2) is 8.77. The number of halogens is 1. The van der Waals surface area contributed by atoms with Gasteiger partial charge in [-0.1, -0.05) is 13.8 Å². The largest absolute Gasteiger partial charge is 0.490 e. The first-order valence-corrected chi connectivity index (χ1v) is 11.6. The molecule has 3 aliphatic heterocycles. The molecule has 34 heavy (non-hydrogen) atoms. The van der Waals surface area contributed by atoms with Gasteiger partial charge in [-0.25, -0.2) is 9.37 Å². The first kappa shape index (κ1) is 22.4. The molecule has 1 fully saturated rings. The van der Waals surface area contributed by atoms with Gasteiger partial charge in [0, 0.05) is 25.1 Å². The number of pyridine rings is 1. The lowest BCUT2D eigenvalue weighted by atomic mass is 10.1. The van der Waals surface area contributed by atoms with Gasteiger partial charge in [0.05, 0.1) is 24.9 Å². The van der Waals surface area contributed by atoms with Crippen molar-refractivity contribution in [1.29, 1.82) is 0 Å². The maximum atomic E-state index is 15.0. The van der Waals surface area contributed by atoms with Crippen molar-refractivity contribution in [2.75, 3.05) is 25.1 Å². The lowest BCUT2D eigenvalue weighted by Gasteiger charge is -2.22. The number of aryl methyl sites for hydroxylation is 2. The normalized spacial score (nSPS) is 21.3. The quantitative estimate of drug-likeness (QED) is 0.721.